The summed E-state index contributed by atoms with van der Waals surface area (Å²) < 4.78 is 0. The van der Waals surface area contributed by atoms with Crippen LogP contribution in [0.4, 0.5) is 11.4 Å². The lowest BCUT2D eigenvalue weighted by atomic mass is 9.69. The van der Waals surface area contributed by atoms with Crippen molar-refractivity contribution in [2.75, 3.05) is 11.5 Å². The van der Waals surface area contributed by atoms with Crippen molar-refractivity contribution in [2.45, 2.75) is 44.9 Å². The van der Waals surface area contributed by atoms with Gasteiger partial charge < -0.3 is 22.9 Å². The van der Waals surface area contributed by atoms with Crippen LogP contribution in [0.25, 0.3) is 21.8 Å². The molecule has 0 saturated heterocycles. The van der Waals surface area contributed by atoms with E-state index in [1.54, 1.807) is 12.1 Å². The molecule has 8 heteroatoms. The Morgan fingerprint density at radius 3 is 1.69 bits per heavy atom. The number of fused-ring (bicyclic) bond motifs is 2. The van der Waals surface area contributed by atoms with E-state index in [1.807, 2.05) is 50.2 Å². The summed E-state index contributed by atoms with van der Waals surface area (Å²) in [6, 6.07) is 14.8. The molecular weight excluding hydrogens is 440 g/mol. The fourth-order valence-corrected chi connectivity index (χ4v) is 4.86. The highest BCUT2D eigenvalue weighted by Crippen LogP contribution is 2.41. The normalized spacial score (nSPS) is 11.7. The maximum Gasteiger partial charge on any atom is 0.232 e. The lowest BCUT2D eigenvalue weighted by molar-refractivity contribution is -0.122. The average Bonchev–Trinajstić information content (AvgIpc) is 2.78. The van der Waals surface area contributed by atoms with Crippen molar-refractivity contribution < 1.29 is 9.59 Å². The van der Waals surface area contributed by atoms with Gasteiger partial charge in [-0.05, 0) is 74.2 Å². The van der Waals surface area contributed by atoms with Gasteiger partial charge in [-0.3, -0.25) is 19.6 Å². The van der Waals surface area contributed by atoms with Crippen molar-refractivity contribution in [3.63, 3.8) is 0 Å². The van der Waals surface area contributed by atoms with Crippen molar-refractivity contribution in [3.05, 3.63) is 71.0 Å². The first-order valence-corrected chi connectivity index (χ1v) is 11.5. The molecule has 0 aliphatic carbocycles. The van der Waals surface area contributed by atoms with Gasteiger partial charge in [0.2, 0.25) is 11.8 Å². The molecule has 0 spiro atoms. The summed E-state index contributed by atoms with van der Waals surface area (Å²) in [5, 5.41) is 1.49. The molecule has 4 rings (SSSR count). The van der Waals surface area contributed by atoms with E-state index in [9.17, 15) is 9.59 Å². The number of nitrogens with two attached hydrogens (primary N) is 4. The summed E-state index contributed by atoms with van der Waals surface area (Å²) in [5.74, 6) is -0.887. The van der Waals surface area contributed by atoms with E-state index < -0.39 is 11.3 Å². The highest BCUT2D eigenvalue weighted by Gasteiger charge is 2.40. The molecule has 0 fully saturated rings. The Kier molecular flexibility index (Phi) is 6.30. The number of unbranched alkanes of at least 4 members (excludes halogenated alkanes) is 1. The number of hydrogen-bond acceptors (Lipinski definition) is 6. The number of carbonyl (C=O) groups is 2. The molecular formula is C27H30N6O2. The van der Waals surface area contributed by atoms with E-state index in [0.29, 0.717) is 41.8 Å². The van der Waals surface area contributed by atoms with E-state index >= 15 is 0 Å². The predicted molar refractivity (Wildman–Crippen MR) is 139 cm³/mol. The van der Waals surface area contributed by atoms with Gasteiger partial charge in [0, 0.05) is 40.0 Å². The number of carbonyl (C=O) groups excluding carboxylic acids is 2. The number of pyridine rings is 2. The Bertz CT molecular complexity index is 1370. The Morgan fingerprint density at radius 1 is 0.771 bits per heavy atom. The number of benzene rings is 2. The summed E-state index contributed by atoms with van der Waals surface area (Å²) >= 11 is 0. The van der Waals surface area contributed by atoms with Crippen LogP contribution in [0.5, 0.6) is 0 Å². The monoisotopic (exact) mass is 470 g/mol. The molecule has 2 amide bonds. The molecule has 2 heterocycles. The second kappa shape index (κ2) is 9.21. The number of hydrogen-bond donors (Lipinski definition) is 4. The van der Waals surface area contributed by atoms with Gasteiger partial charge in [0.05, 0.1) is 16.4 Å². The number of anilines is 2. The van der Waals surface area contributed by atoms with Crippen LogP contribution in [0.15, 0.2) is 48.5 Å². The van der Waals surface area contributed by atoms with E-state index in [2.05, 4.69) is 9.97 Å². The zero-order valence-corrected chi connectivity index (χ0v) is 20.0. The van der Waals surface area contributed by atoms with Gasteiger partial charge >= 0.3 is 0 Å². The number of nitrogen functional groups attached to an aromatic ring is 2. The lowest BCUT2D eigenvalue weighted by Crippen LogP contribution is -2.42. The molecule has 4 aromatic rings. The molecule has 8 N–H and O–H groups in total. The molecule has 180 valence electrons. The summed E-state index contributed by atoms with van der Waals surface area (Å²) in [6.07, 6.45) is 1.71. The second-order valence-electron chi connectivity index (χ2n) is 9.11. The third kappa shape index (κ3) is 4.47. The zero-order chi connectivity index (χ0) is 25.3. The van der Waals surface area contributed by atoms with Gasteiger partial charge in [-0.15, -0.1) is 0 Å². The largest absolute Gasteiger partial charge is 0.398 e. The van der Waals surface area contributed by atoms with Crippen LogP contribution >= 0.6 is 0 Å². The highest BCUT2D eigenvalue weighted by molar-refractivity contribution is 5.98. The quantitative estimate of drug-likeness (QED) is 0.288. The van der Waals surface area contributed by atoms with E-state index in [4.69, 9.17) is 22.9 Å². The Morgan fingerprint density at radius 2 is 1.26 bits per heavy atom. The second-order valence-corrected chi connectivity index (χ2v) is 9.11. The highest BCUT2D eigenvalue weighted by atomic mass is 16.1. The average molecular weight is 471 g/mol. The van der Waals surface area contributed by atoms with Crippen molar-refractivity contribution in [1.29, 1.82) is 0 Å². The summed E-state index contributed by atoms with van der Waals surface area (Å²) in [6.45, 7) is 3.76. The van der Waals surface area contributed by atoms with Crippen LogP contribution in [0.1, 0.15) is 48.2 Å². The van der Waals surface area contributed by atoms with Gasteiger partial charge in [0.1, 0.15) is 0 Å². The maximum atomic E-state index is 13.3. The molecule has 8 nitrogen and oxygen atoms in total. The van der Waals surface area contributed by atoms with Crippen LogP contribution in [0, 0.1) is 13.8 Å². The van der Waals surface area contributed by atoms with Crippen molar-refractivity contribution in [3.8, 4) is 0 Å². The predicted octanol–water partition coefficient (Wildman–Crippen LogP) is 3.38. The van der Waals surface area contributed by atoms with Gasteiger partial charge in [0.15, 0.2) is 0 Å². The van der Waals surface area contributed by atoms with Crippen LogP contribution in [-0.2, 0) is 15.0 Å². The third-order valence-electron chi connectivity index (χ3n) is 6.57. The van der Waals surface area contributed by atoms with E-state index in [1.165, 1.54) is 0 Å². The molecule has 2 aromatic carbocycles. The Labute approximate surface area is 203 Å². The minimum Gasteiger partial charge on any atom is -0.398 e. The first kappa shape index (κ1) is 23.9. The minimum atomic E-state index is -1.19. The molecule has 0 unspecified atom stereocenters. The molecule has 2 aromatic heterocycles. The number of nitrogens with zero attached hydrogens (tertiary/aromatic N) is 2. The first-order valence-electron chi connectivity index (χ1n) is 11.5. The fraction of sp³-hybridized carbons (Fsp3) is 0.259. The van der Waals surface area contributed by atoms with Crippen molar-refractivity contribution in [2.24, 2.45) is 11.5 Å². The molecule has 0 saturated carbocycles. The van der Waals surface area contributed by atoms with Crippen LogP contribution in [-0.4, -0.2) is 21.8 Å². The number of aryl methyl sites for hydroxylation is 2. The van der Waals surface area contributed by atoms with Crippen LogP contribution < -0.4 is 22.9 Å². The zero-order valence-electron chi connectivity index (χ0n) is 20.0. The maximum absolute atomic E-state index is 13.3. The first-order chi connectivity index (χ1) is 16.6. The SMILES string of the molecule is Cc1cc(N)c2cc(C(CCCCC(N)=O)(C(N)=O)c3ccc4nc(C)cc(N)c4c3)ccc2n1. The van der Waals surface area contributed by atoms with Crippen molar-refractivity contribution >= 4 is 45.0 Å². The topological polar surface area (TPSA) is 164 Å². The summed E-state index contributed by atoms with van der Waals surface area (Å²) in [4.78, 5) is 33.8. The lowest BCUT2D eigenvalue weighted by Gasteiger charge is -2.33. The number of amides is 2. The molecule has 0 atom stereocenters. The van der Waals surface area contributed by atoms with Gasteiger partial charge in [-0.1, -0.05) is 18.6 Å². The Balaban J connectivity index is 1.94. The molecule has 35 heavy (non-hydrogen) atoms. The standard InChI is InChI=1S/C27H30N6O2/c1-15-11-21(28)19-13-17(6-8-23(19)32-15)27(26(31)35,10-4-3-5-25(30)34)18-7-9-24-20(14-18)22(29)12-16(2)33-24/h6-9,11-14H,3-5,10H2,1-2H3,(H2,28,32)(H2,29,33)(H2,30,34)(H2,31,35). The van der Waals surface area contributed by atoms with Crippen LogP contribution in [0.2, 0.25) is 0 Å². The number of aromatic nitrogens is 2. The molecule has 0 bridgehead atoms. The third-order valence-corrected chi connectivity index (χ3v) is 6.57. The fourth-order valence-electron chi connectivity index (χ4n) is 4.86. The number of rotatable bonds is 8. The van der Waals surface area contributed by atoms with Gasteiger partial charge in [0.25, 0.3) is 0 Å². The van der Waals surface area contributed by atoms with Gasteiger partial charge in [-0.2, -0.15) is 0 Å². The minimum absolute atomic E-state index is 0.233. The number of primary amides is 2. The smallest absolute Gasteiger partial charge is 0.232 e. The van der Waals surface area contributed by atoms with E-state index in [0.717, 1.165) is 33.2 Å². The van der Waals surface area contributed by atoms with Crippen molar-refractivity contribution in [1.82, 2.24) is 9.97 Å². The summed E-state index contributed by atoms with van der Waals surface area (Å²) in [7, 11) is 0. The van der Waals surface area contributed by atoms with Crippen LogP contribution in [0.3, 0.4) is 0 Å². The molecule has 0 aliphatic heterocycles. The van der Waals surface area contributed by atoms with E-state index in [-0.39, 0.29) is 12.3 Å². The summed E-state index contributed by atoms with van der Waals surface area (Å²) in [5.41, 5.74) is 28.6. The van der Waals surface area contributed by atoms with Gasteiger partial charge in [-0.25, -0.2) is 0 Å². The molecule has 0 aliphatic rings. The Hall–Kier alpha value is -4.20. The molecule has 0 radical (unpaired) electrons.